The number of urea groups is 1. The van der Waals surface area contributed by atoms with Crippen LogP contribution in [0.15, 0.2) is 41.1 Å². The summed E-state index contributed by atoms with van der Waals surface area (Å²) in [5.41, 5.74) is 1.46. The van der Waals surface area contributed by atoms with Crippen LogP contribution in [0.1, 0.15) is 24.5 Å². The van der Waals surface area contributed by atoms with Crippen LogP contribution in [-0.4, -0.2) is 43.2 Å². The van der Waals surface area contributed by atoms with E-state index in [9.17, 15) is 9.59 Å². The predicted molar refractivity (Wildman–Crippen MR) is 105 cm³/mol. The minimum absolute atomic E-state index is 0.148. The van der Waals surface area contributed by atoms with Gasteiger partial charge in [-0.15, -0.1) is 0 Å². The number of nitrogens with zero attached hydrogens (tertiary/aromatic N) is 1. The fraction of sp³-hybridized carbons (Fsp3) is 0.400. The summed E-state index contributed by atoms with van der Waals surface area (Å²) in [6, 6.07) is 9.55. The number of aryl methyl sites for hydroxylation is 1. The van der Waals surface area contributed by atoms with Crippen molar-refractivity contribution in [1.82, 2.24) is 10.2 Å². The highest BCUT2D eigenvalue weighted by Crippen LogP contribution is 2.23. The number of hydrogen-bond acceptors (Lipinski definition) is 4. The maximum atomic E-state index is 12.9. The van der Waals surface area contributed by atoms with Crippen molar-refractivity contribution in [2.45, 2.75) is 31.8 Å². The van der Waals surface area contributed by atoms with Crippen LogP contribution in [0.4, 0.5) is 4.79 Å². The van der Waals surface area contributed by atoms with Gasteiger partial charge in [-0.25, -0.2) is 9.69 Å². The maximum absolute atomic E-state index is 12.9. The van der Waals surface area contributed by atoms with E-state index in [0.29, 0.717) is 19.5 Å². The van der Waals surface area contributed by atoms with Gasteiger partial charge in [-0.2, -0.15) is 11.3 Å². The summed E-state index contributed by atoms with van der Waals surface area (Å²) in [5, 5.41) is 7.01. The number of carbonyl (C=O) groups is 2. The Kier molecular flexibility index (Phi) is 5.82. The van der Waals surface area contributed by atoms with Gasteiger partial charge >= 0.3 is 6.03 Å². The number of ether oxygens (including phenoxy) is 1. The summed E-state index contributed by atoms with van der Waals surface area (Å²) >= 11 is 1.65. The van der Waals surface area contributed by atoms with Crippen LogP contribution in [0.5, 0.6) is 5.75 Å². The molecule has 1 aliphatic heterocycles. The standard InChI is InChI=1S/C20H25N3O3S/c1-20(10-8-15-4-6-17(26-3)7-5-15)18(24)23(19(25)21-20)14-22(2)12-16-9-11-27-13-16/h4-7,9,11,13H,8,10,12,14H2,1-3H3,(H,21,25)/p+1/t20-/m1/s1. The molecule has 2 heterocycles. The number of amides is 3. The van der Waals surface area contributed by atoms with Gasteiger partial charge in [-0.1, -0.05) is 12.1 Å². The quantitative estimate of drug-likeness (QED) is 0.677. The first-order valence-corrected chi connectivity index (χ1v) is 9.95. The fourth-order valence-corrected chi connectivity index (χ4v) is 3.98. The Bertz CT molecular complexity index is 791. The molecule has 0 bridgehead atoms. The van der Waals surface area contributed by atoms with Crippen molar-refractivity contribution >= 4 is 23.3 Å². The van der Waals surface area contributed by atoms with E-state index in [1.54, 1.807) is 18.4 Å². The largest absolute Gasteiger partial charge is 0.497 e. The van der Waals surface area contributed by atoms with Gasteiger partial charge in [0.25, 0.3) is 5.91 Å². The number of imide groups is 1. The summed E-state index contributed by atoms with van der Waals surface area (Å²) in [6.07, 6.45) is 1.27. The second-order valence-electron chi connectivity index (χ2n) is 7.27. The molecule has 3 amide bonds. The Morgan fingerprint density at radius 2 is 1.93 bits per heavy atom. The van der Waals surface area contributed by atoms with Gasteiger partial charge in [0.15, 0.2) is 6.67 Å². The molecule has 2 N–H and O–H groups in total. The first-order chi connectivity index (χ1) is 12.9. The van der Waals surface area contributed by atoms with Crippen LogP contribution in [0.2, 0.25) is 0 Å². The van der Waals surface area contributed by atoms with E-state index in [4.69, 9.17) is 4.74 Å². The first-order valence-electron chi connectivity index (χ1n) is 9.01. The Labute approximate surface area is 163 Å². The molecule has 6 nitrogen and oxygen atoms in total. The van der Waals surface area contributed by atoms with Gasteiger partial charge in [0.2, 0.25) is 0 Å². The maximum Gasteiger partial charge on any atom is 0.329 e. The molecule has 0 spiro atoms. The number of carbonyl (C=O) groups excluding carboxylic acids is 2. The van der Waals surface area contributed by atoms with Gasteiger partial charge in [0, 0.05) is 5.56 Å². The van der Waals surface area contributed by atoms with Crippen molar-refractivity contribution in [1.29, 1.82) is 0 Å². The zero-order chi connectivity index (χ0) is 19.4. The molecule has 1 aliphatic rings. The SMILES string of the molecule is COc1ccc(CC[C@@]2(C)NC(=O)N(C[NH+](C)Cc3ccsc3)C2=O)cc1. The van der Waals surface area contributed by atoms with Gasteiger partial charge in [0.05, 0.1) is 14.2 Å². The monoisotopic (exact) mass is 388 g/mol. The third kappa shape index (κ3) is 4.48. The van der Waals surface area contributed by atoms with Crippen molar-refractivity contribution in [3.63, 3.8) is 0 Å². The van der Waals surface area contributed by atoms with E-state index in [1.807, 2.05) is 43.6 Å². The number of rotatable bonds is 8. The molecule has 0 aliphatic carbocycles. The summed E-state index contributed by atoms with van der Waals surface area (Å²) in [4.78, 5) is 27.7. The fourth-order valence-electron chi connectivity index (χ4n) is 3.31. The lowest BCUT2D eigenvalue weighted by molar-refractivity contribution is -0.901. The summed E-state index contributed by atoms with van der Waals surface area (Å²) in [6.45, 7) is 2.95. The average molecular weight is 389 g/mol. The average Bonchev–Trinajstić information content (AvgIpc) is 3.23. The van der Waals surface area contributed by atoms with Crippen LogP contribution < -0.4 is 15.0 Å². The Balaban J connectivity index is 1.59. The molecule has 2 aromatic rings. The van der Waals surface area contributed by atoms with Gasteiger partial charge < -0.3 is 15.0 Å². The van der Waals surface area contributed by atoms with Crippen LogP contribution in [0, 0.1) is 0 Å². The lowest BCUT2D eigenvalue weighted by Crippen LogP contribution is -3.09. The smallest absolute Gasteiger partial charge is 0.329 e. The van der Waals surface area contributed by atoms with Crippen molar-refractivity contribution in [2.75, 3.05) is 20.8 Å². The van der Waals surface area contributed by atoms with Crippen LogP contribution in [0.3, 0.4) is 0 Å². The second-order valence-corrected chi connectivity index (χ2v) is 8.05. The molecule has 0 saturated carbocycles. The molecule has 1 aromatic heterocycles. The molecule has 7 heteroatoms. The lowest BCUT2D eigenvalue weighted by atomic mass is 9.93. The van der Waals surface area contributed by atoms with Crippen molar-refractivity contribution < 1.29 is 19.2 Å². The van der Waals surface area contributed by atoms with Gasteiger partial charge in [-0.3, -0.25) is 4.79 Å². The third-order valence-corrected chi connectivity index (χ3v) is 5.66. The van der Waals surface area contributed by atoms with Crippen molar-refractivity contribution in [3.05, 3.63) is 52.2 Å². The molecular formula is C20H26N3O3S+. The molecule has 1 aromatic carbocycles. The molecule has 1 saturated heterocycles. The zero-order valence-corrected chi connectivity index (χ0v) is 16.8. The number of nitrogens with one attached hydrogen (secondary N) is 2. The third-order valence-electron chi connectivity index (χ3n) is 4.93. The van der Waals surface area contributed by atoms with Gasteiger partial charge in [-0.05, 0) is 54.3 Å². The number of quaternary nitrogens is 1. The number of thiophene rings is 1. The summed E-state index contributed by atoms with van der Waals surface area (Å²) < 4.78 is 5.17. The first kappa shape index (κ1) is 19.4. The van der Waals surface area contributed by atoms with Gasteiger partial charge in [0.1, 0.15) is 17.8 Å². The Hall–Kier alpha value is -2.38. The van der Waals surface area contributed by atoms with E-state index in [0.717, 1.165) is 22.8 Å². The minimum atomic E-state index is -0.861. The highest BCUT2D eigenvalue weighted by molar-refractivity contribution is 7.07. The van der Waals surface area contributed by atoms with E-state index < -0.39 is 5.54 Å². The molecule has 27 heavy (non-hydrogen) atoms. The van der Waals surface area contributed by atoms with Crippen LogP contribution in [0.25, 0.3) is 0 Å². The number of methoxy groups -OCH3 is 1. The topological polar surface area (TPSA) is 63.1 Å². The highest BCUT2D eigenvalue weighted by atomic mass is 32.1. The number of benzene rings is 1. The molecule has 3 rings (SSSR count). The summed E-state index contributed by atoms with van der Waals surface area (Å²) in [5.74, 6) is 0.656. The molecule has 144 valence electrons. The van der Waals surface area contributed by atoms with E-state index in [1.165, 1.54) is 10.5 Å². The van der Waals surface area contributed by atoms with Crippen LogP contribution in [-0.2, 0) is 17.8 Å². The zero-order valence-electron chi connectivity index (χ0n) is 16.0. The summed E-state index contributed by atoms with van der Waals surface area (Å²) in [7, 11) is 3.62. The van der Waals surface area contributed by atoms with Crippen molar-refractivity contribution in [2.24, 2.45) is 0 Å². The lowest BCUT2D eigenvalue weighted by Gasteiger charge is -2.23. The van der Waals surface area contributed by atoms with E-state index in [2.05, 4.69) is 16.8 Å². The minimum Gasteiger partial charge on any atom is -0.497 e. The second kappa shape index (κ2) is 8.10. The predicted octanol–water partition coefficient (Wildman–Crippen LogP) is 1.67. The van der Waals surface area contributed by atoms with E-state index >= 15 is 0 Å². The Morgan fingerprint density at radius 1 is 1.19 bits per heavy atom. The van der Waals surface area contributed by atoms with E-state index in [-0.39, 0.29) is 11.9 Å². The molecule has 0 radical (unpaired) electrons. The normalized spacial score (nSPS) is 20.6. The Morgan fingerprint density at radius 3 is 2.56 bits per heavy atom. The molecule has 2 atom stereocenters. The number of hydrogen-bond donors (Lipinski definition) is 2. The highest BCUT2D eigenvalue weighted by Gasteiger charge is 2.48. The molecule has 1 unspecified atom stereocenters. The van der Waals surface area contributed by atoms with Crippen LogP contribution >= 0.6 is 11.3 Å². The van der Waals surface area contributed by atoms with Crippen molar-refractivity contribution in [3.8, 4) is 5.75 Å². The molecular weight excluding hydrogens is 362 g/mol. The molecule has 1 fully saturated rings.